The lowest BCUT2D eigenvalue weighted by molar-refractivity contribution is 0.164. The van der Waals surface area contributed by atoms with Crippen LogP contribution in [0.4, 0.5) is 0 Å². The summed E-state index contributed by atoms with van der Waals surface area (Å²) < 4.78 is 6.83. The van der Waals surface area contributed by atoms with Crippen molar-refractivity contribution in [3.63, 3.8) is 0 Å². The molecule has 3 rings (SSSR count). The Balaban J connectivity index is 1.61. The smallest absolute Gasteiger partial charge is 0.192 e. The summed E-state index contributed by atoms with van der Waals surface area (Å²) in [6.45, 7) is 11.7. The number of hydrogen-bond acceptors (Lipinski definition) is 3. The van der Waals surface area contributed by atoms with Crippen molar-refractivity contribution in [1.29, 1.82) is 0 Å². The predicted molar refractivity (Wildman–Crippen MR) is 120 cm³/mol. The Kier molecular flexibility index (Phi) is 6.39. The summed E-state index contributed by atoms with van der Waals surface area (Å²) in [5.74, 6) is 0.722. The minimum Gasteiger partial charge on any atom is -0.409 e. The van der Waals surface area contributed by atoms with Gasteiger partial charge in [0.25, 0.3) is 0 Å². The van der Waals surface area contributed by atoms with Crippen LogP contribution in [0.15, 0.2) is 42.7 Å². The molecule has 146 valence electrons. The standard InChI is InChI=1S/C23H33NOSSi/c1-23(2,3)27(4,5)25-22(19-12-13-19)21-15-14-20(26-21)11-7-6-9-18-10-8-16-24-17-18/h7-8,10-11,14-17,19,22H,6,9,12-13H2,1-5H3/b11-7+. The molecule has 1 atom stereocenters. The lowest BCUT2D eigenvalue weighted by atomic mass is 10.1. The van der Waals surface area contributed by atoms with E-state index in [9.17, 15) is 0 Å². The molecule has 0 aliphatic heterocycles. The molecule has 1 fully saturated rings. The Morgan fingerprint density at radius 2 is 2.04 bits per heavy atom. The maximum atomic E-state index is 6.83. The van der Waals surface area contributed by atoms with Crippen molar-refractivity contribution in [2.24, 2.45) is 5.92 Å². The first kappa shape index (κ1) is 20.5. The molecule has 1 aliphatic rings. The fourth-order valence-corrected chi connectivity index (χ4v) is 5.34. The van der Waals surface area contributed by atoms with Gasteiger partial charge >= 0.3 is 0 Å². The highest BCUT2D eigenvalue weighted by Crippen LogP contribution is 2.49. The first-order chi connectivity index (χ1) is 12.8. The van der Waals surface area contributed by atoms with Crippen LogP contribution in [0.1, 0.15) is 61.5 Å². The van der Waals surface area contributed by atoms with Gasteiger partial charge in [-0.05, 0) is 79.6 Å². The lowest BCUT2D eigenvalue weighted by Crippen LogP contribution is -2.42. The summed E-state index contributed by atoms with van der Waals surface area (Å²) in [5, 5.41) is 0.256. The van der Waals surface area contributed by atoms with E-state index in [1.807, 2.05) is 29.8 Å². The molecule has 4 heteroatoms. The van der Waals surface area contributed by atoms with Crippen LogP contribution in [0, 0.1) is 5.92 Å². The molecule has 0 spiro atoms. The summed E-state index contributed by atoms with van der Waals surface area (Å²) in [5.41, 5.74) is 1.30. The number of aryl methyl sites for hydroxylation is 1. The van der Waals surface area contributed by atoms with E-state index in [1.165, 1.54) is 28.2 Å². The first-order valence-electron chi connectivity index (χ1n) is 10.1. The van der Waals surface area contributed by atoms with Crippen molar-refractivity contribution in [1.82, 2.24) is 4.98 Å². The number of pyridine rings is 1. The number of nitrogens with zero attached hydrogens (tertiary/aromatic N) is 1. The topological polar surface area (TPSA) is 22.1 Å². The summed E-state index contributed by atoms with van der Waals surface area (Å²) in [7, 11) is -1.75. The Bertz CT molecular complexity index is 756. The minimum absolute atomic E-state index is 0.256. The van der Waals surface area contributed by atoms with Gasteiger partial charge in [-0.1, -0.05) is 32.9 Å². The molecule has 2 nitrogen and oxygen atoms in total. The largest absolute Gasteiger partial charge is 0.409 e. The molecule has 1 aliphatic carbocycles. The highest BCUT2D eigenvalue weighted by atomic mass is 32.1. The summed E-state index contributed by atoms with van der Waals surface area (Å²) in [4.78, 5) is 6.93. The van der Waals surface area contributed by atoms with E-state index in [0.29, 0.717) is 6.10 Å². The normalized spacial score (nSPS) is 16.8. The maximum Gasteiger partial charge on any atom is 0.192 e. The zero-order chi connectivity index (χ0) is 19.5. The van der Waals surface area contributed by atoms with E-state index in [1.54, 1.807) is 0 Å². The van der Waals surface area contributed by atoms with Crippen LogP contribution >= 0.6 is 11.3 Å². The van der Waals surface area contributed by atoms with E-state index < -0.39 is 8.32 Å². The van der Waals surface area contributed by atoms with Crippen molar-refractivity contribution in [2.75, 3.05) is 0 Å². The van der Waals surface area contributed by atoms with Crippen LogP contribution in [0.5, 0.6) is 0 Å². The number of aromatic nitrogens is 1. The van der Waals surface area contributed by atoms with E-state index in [-0.39, 0.29) is 5.04 Å². The third kappa shape index (κ3) is 5.63. The Morgan fingerprint density at radius 1 is 1.26 bits per heavy atom. The Morgan fingerprint density at radius 3 is 2.67 bits per heavy atom. The van der Waals surface area contributed by atoms with Crippen molar-refractivity contribution >= 4 is 25.7 Å². The number of allylic oxidation sites excluding steroid dienone is 1. The summed E-state index contributed by atoms with van der Waals surface area (Å²) in [6, 6.07) is 8.69. The van der Waals surface area contributed by atoms with Gasteiger partial charge in [0.1, 0.15) is 0 Å². The second-order valence-electron chi connectivity index (χ2n) is 9.18. The van der Waals surface area contributed by atoms with Gasteiger partial charge < -0.3 is 4.43 Å². The van der Waals surface area contributed by atoms with Crippen LogP contribution in [0.25, 0.3) is 6.08 Å². The number of rotatable bonds is 8. The first-order valence-corrected chi connectivity index (χ1v) is 13.8. The second-order valence-corrected chi connectivity index (χ2v) is 15.1. The average molecular weight is 400 g/mol. The highest BCUT2D eigenvalue weighted by molar-refractivity contribution is 7.13. The van der Waals surface area contributed by atoms with Crippen LogP contribution in [0.3, 0.4) is 0 Å². The van der Waals surface area contributed by atoms with E-state index >= 15 is 0 Å². The molecular formula is C23H33NOSSi. The molecule has 0 saturated heterocycles. The van der Waals surface area contributed by atoms with Crippen LogP contribution in [0.2, 0.25) is 18.1 Å². The van der Waals surface area contributed by atoms with Gasteiger partial charge in [0.05, 0.1) is 6.10 Å². The van der Waals surface area contributed by atoms with Crippen molar-refractivity contribution in [3.8, 4) is 0 Å². The fraction of sp³-hybridized carbons (Fsp3) is 0.522. The van der Waals surface area contributed by atoms with Gasteiger partial charge in [-0.3, -0.25) is 4.98 Å². The SMILES string of the molecule is CC(C)(C)[Si](C)(C)OC(c1ccc(/C=C/CCc2cccnc2)s1)C1CC1. The van der Waals surface area contributed by atoms with Gasteiger partial charge in [-0.25, -0.2) is 0 Å². The molecule has 0 radical (unpaired) electrons. The quantitative estimate of drug-likeness (QED) is 0.436. The van der Waals surface area contributed by atoms with E-state index in [4.69, 9.17) is 4.43 Å². The number of thiophene rings is 1. The molecule has 0 bridgehead atoms. The second kappa shape index (κ2) is 8.42. The van der Waals surface area contributed by atoms with Gasteiger partial charge in [0.2, 0.25) is 0 Å². The van der Waals surface area contributed by atoms with Crippen molar-refractivity contribution < 1.29 is 4.43 Å². The maximum absolute atomic E-state index is 6.83. The Labute approximate surface area is 169 Å². The highest BCUT2D eigenvalue weighted by Gasteiger charge is 2.43. The third-order valence-corrected chi connectivity index (χ3v) is 11.4. The summed E-state index contributed by atoms with van der Waals surface area (Å²) >= 11 is 1.90. The zero-order valence-electron chi connectivity index (χ0n) is 17.4. The molecule has 2 aromatic heterocycles. The predicted octanol–water partition coefficient (Wildman–Crippen LogP) is 7.26. The van der Waals surface area contributed by atoms with Gasteiger partial charge in [0.15, 0.2) is 8.32 Å². The van der Waals surface area contributed by atoms with E-state index in [2.05, 4.69) is 69.2 Å². The van der Waals surface area contributed by atoms with E-state index in [0.717, 1.165) is 18.8 Å². The average Bonchev–Trinajstić information content (AvgIpc) is 3.35. The molecule has 27 heavy (non-hydrogen) atoms. The van der Waals surface area contributed by atoms with Crippen LogP contribution in [-0.2, 0) is 10.8 Å². The lowest BCUT2D eigenvalue weighted by Gasteiger charge is -2.39. The van der Waals surface area contributed by atoms with Crippen molar-refractivity contribution in [3.05, 3.63) is 58.1 Å². The van der Waals surface area contributed by atoms with Gasteiger partial charge in [0, 0.05) is 22.1 Å². The molecule has 2 heterocycles. The molecular weight excluding hydrogens is 366 g/mol. The molecule has 1 unspecified atom stereocenters. The van der Waals surface area contributed by atoms with Gasteiger partial charge in [-0.15, -0.1) is 11.3 Å². The zero-order valence-corrected chi connectivity index (χ0v) is 19.2. The molecule has 1 saturated carbocycles. The van der Waals surface area contributed by atoms with Gasteiger partial charge in [-0.2, -0.15) is 0 Å². The Hall–Kier alpha value is -1.23. The molecule has 0 aromatic carbocycles. The minimum atomic E-state index is -1.75. The fourth-order valence-electron chi connectivity index (χ4n) is 2.89. The van der Waals surface area contributed by atoms with Crippen LogP contribution in [-0.4, -0.2) is 13.3 Å². The third-order valence-electron chi connectivity index (χ3n) is 5.81. The van der Waals surface area contributed by atoms with Crippen LogP contribution < -0.4 is 0 Å². The molecule has 2 aromatic rings. The molecule has 0 amide bonds. The molecule has 0 N–H and O–H groups in total. The number of hydrogen-bond donors (Lipinski definition) is 0. The monoisotopic (exact) mass is 399 g/mol. The summed E-state index contributed by atoms with van der Waals surface area (Å²) in [6.07, 6.45) is 13.3. The van der Waals surface area contributed by atoms with Crippen molar-refractivity contribution in [2.45, 2.75) is 70.7 Å².